The van der Waals surface area contributed by atoms with Crippen molar-refractivity contribution >= 4 is 0 Å². The molecule has 4 heteroatoms. The van der Waals surface area contributed by atoms with Gasteiger partial charge in [0.2, 0.25) is 0 Å². The van der Waals surface area contributed by atoms with Gasteiger partial charge in [-0.15, -0.1) is 0 Å². The van der Waals surface area contributed by atoms with Crippen molar-refractivity contribution in [2.24, 2.45) is 5.92 Å². The number of fused-ring (bicyclic) bond motifs is 1. The summed E-state index contributed by atoms with van der Waals surface area (Å²) in [6, 6.07) is 9.51. The molecule has 0 spiro atoms. The summed E-state index contributed by atoms with van der Waals surface area (Å²) in [5.74, 6) is 2.25. The van der Waals surface area contributed by atoms with Crippen LogP contribution < -0.4 is 9.47 Å². The van der Waals surface area contributed by atoms with Crippen molar-refractivity contribution in [3.8, 4) is 17.2 Å². The van der Waals surface area contributed by atoms with E-state index in [1.165, 1.54) is 11.8 Å². The van der Waals surface area contributed by atoms with Crippen LogP contribution in [0.4, 0.5) is 0 Å². The highest BCUT2D eigenvalue weighted by Crippen LogP contribution is 2.36. The van der Waals surface area contributed by atoms with Crippen LogP contribution in [0.3, 0.4) is 0 Å². The second-order valence-corrected chi connectivity index (χ2v) is 5.04. The number of benzene rings is 1. The first-order valence-corrected chi connectivity index (χ1v) is 6.69. The molecule has 0 amide bonds. The maximum atomic E-state index is 9.25. The summed E-state index contributed by atoms with van der Waals surface area (Å²) in [5.41, 5.74) is 2.15. The molecule has 1 unspecified atom stereocenters. The summed E-state index contributed by atoms with van der Waals surface area (Å²) in [4.78, 5) is 4.23. The Hall–Kier alpha value is -2.23. The highest BCUT2D eigenvalue weighted by atomic mass is 16.5. The van der Waals surface area contributed by atoms with E-state index in [1.807, 2.05) is 18.2 Å². The highest BCUT2D eigenvalue weighted by Gasteiger charge is 2.23. The quantitative estimate of drug-likeness (QED) is 0.932. The largest absolute Gasteiger partial charge is 0.506 e. The highest BCUT2D eigenvalue weighted by molar-refractivity contribution is 5.47. The molecule has 3 rings (SSSR count). The molecule has 1 N–H and O–H groups in total. The van der Waals surface area contributed by atoms with Gasteiger partial charge in [0.25, 0.3) is 0 Å². The molecule has 1 aromatic heterocycles. The lowest BCUT2D eigenvalue weighted by Gasteiger charge is -2.26. The van der Waals surface area contributed by atoms with E-state index in [9.17, 15) is 5.11 Å². The lowest BCUT2D eigenvalue weighted by molar-refractivity contribution is 0.210. The molecule has 0 bridgehead atoms. The van der Waals surface area contributed by atoms with Gasteiger partial charge in [-0.2, -0.15) is 0 Å². The average molecular weight is 271 g/mol. The first-order valence-electron chi connectivity index (χ1n) is 6.69. The minimum absolute atomic E-state index is 0.198. The average Bonchev–Trinajstić information content (AvgIpc) is 2.49. The number of ether oxygens (including phenoxy) is 2. The first kappa shape index (κ1) is 12.8. The lowest BCUT2D eigenvalue weighted by atomic mass is 9.92. The third kappa shape index (κ3) is 2.54. The fourth-order valence-electron chi connectivity index (χ4n) is 2.58. The van der Waals surface area contributed by atoms with Gasteiger partial charge in [0, 0.05) is 11.6 Å². The Morgan fingerprint density at radius 3 is 3.00 bits per heavy atom. The van der Waals surface area contributed by atoms with E-state index in [0.717, 1.165) is 30.0 Å². The number of nitrogens with zero attached hydrogens (tertiary/aromatic N) is 1. The Balaban J connectivity index is 1.74. The van der Waals surface area contributed by atoms with Crippen LogP contribution in [0.5, 0.6) is 17.2 Å². The van der Waals surface area contributed by atoms with E-state index in [4.69, 9.17) is 9.47 Å². The molecule has 1 atom stereocenters. The van der Waals surface area contributed by atoms with E-state index < -0.39 is 0 Å². The van der Waals surface area contributed by atoms with Gasteiger partial charge in [-0.3, -0.25) is 4.98 Å². The molecule has 2 aromatic rings. The SMILES string of the molecule is COc1cccc2c1OCC(Cc1ccc(O)cn1)C2. The number of aromatic nitrogens is 1. The zero-order valence-corrected chi connectivity index (χ0v) is 11.4. The van der Waals surface area contributed by atoms with E-state index in [1.54, 1.807) is 13.2 Å². The molecule has 0 fully saturated rings. The molecule has 2 heterocycles. The smallest absolute Gasteiger partial charge is 0.164 e. The lowest BCUT2D eigenvalue weighted by Crippen LogP contribution is -2.23. The molecule has 0 aliphatic carbocycles. The van der Waals surface area contributed by atoms with E-state index in [-0.39, 0.29) is 5.75 Å². The maximum Gasteiger partial charge on any atom is 0.164 e. The van der Waals surface area contributed by atoms with Gasteiger partial charge in [-0.1, -0.05) is 12.1 Å². The number of methoxy groups -OCH3 is 1. The Morgan fingerprint density at radius 1 is 1.35 bits per heavy atom. The van der Waals surface area contributed by atoms with Crippen LogP contribution in [0.25, 0.3) is 0 Å². The number of aromatic hydroxyl groups is 1. The molecule has 4 nitrogen and oxygen atoms in total. The molecule has 104 valence electrons. The molecule has 20 heavy (non-hydrogen) atoms. The Labute approximate surface area is 118 Å². The zero-order chi connectivity index (χ0) is 13.9. The van der Waals surface area contributed by atoms with Crippen LogP contribution in [0.1, 0.15) is 11.3 Å². The van der Waals surface area contributed by atoms with Crippen molar-refractivity contribution in [2.45, 2.75) is 12.8 Å². The van der Waals surface area contributed by atoms with Crippen molar-refractivity contribution in [2.75, 3.05) is 13.7 Å². The van der Waals surface area contributed by atoms with E-state index in [2.05, 4.69) is 11.1 Å². The Kier molecular flexibility index (Phi) is 3.46. The van der Waals surface area contributed by atoms with E-state index in [0.29, 0.717) is 12.5 Å². The fraction of sp³-hybridized carbons (Fsp3) is 0.312. The van der Waals surface area contributed by atoms with Crippen LogP contribution >= 0.6 is 0 Å². The Bertz CT molecular complexity index is 595. The summed E-state index contributed by atoms with van der Waals surface area (Å²) >= 11 is 0. The molecule has 0 radical (unpaired) electrons. The monoisotopic (exact) mass is 271 g/mol. The maximum absolute atomic E-state index is 9.25. The van der Waals surface area contributed by atoms with Gasteiger partial charge in [-0.25, -0.2) is 0 Å². The number of hydrogen-bond donors (Lipinski definition) is 1. The second-order valence-electron chi connectivity index (χ2n) is 5.04. The van der Waals surface area contributed by atoms with Gasteiger partial charge in [0.1, 0.15) is 5.75 Å². The normalized spacial score (nSPS) is 17.1. The molecule has 0 saturated carbocycles. The van der Waals surface area contributed by atoms with Gasteiger partial charge in [0.05, 0.1) is 19.9 Å². The third-order valence-electron chi connectivity index (χ3n) is 3.56. The van der Waals surface area contributed by atoms with Crippen molar-refractivity contribution in [3.05, 3.63) is 47.8 Å². The van der Waals surface area contributed by atoms with Crippen molar-refractivity contribution in [1.82, 2.24) is 4.98 Å². The summed E-state index contributed by atoms with van der Waals surface area (Å²) in [5, 5.41) is 9.25. The zero-order valence-electron chi connectivity index (χ0n) is 11.4. The molecular weight excluding hydrogens is 254 g/mol. The van der Waals surface area contributed by atoms with Crippen molar-refractivity contribution in [3.63, 3.8) is 0 Å². The van der Waals surface area contributed by atoms with Crippen LogP contribution in [-0.4, -0.2) is 23.8 Å². The van der Waals surface area contributed by atoms with Gasteiger partial charge < -0.3 is 14.6 Å². The minimum atomic E-state index is 0.198. The summed E-state index contributed by atoms with van der Waals surface area (Å²) in [6.45, 7) is 0.663. The predicted molar refractivity (Wildman–Crippen MR) is 75.3 cm³/mol. The van der Waals surface area contributed by atoms with Crippen molar-refractivity contribution < 1.29 is 14.6 Å². The van der Waals surface area contributed by atoms with Crippen LogP contribution in [-0.2, 0) is 12.8 Å². The van der Waals surface area contributed by atoms with Crippen LogP contribution in [0.15, 0.2) is 36.5 Å². The standard InChI is InChI=1S/C16H17NO3/c1-19-15-4-2-3-12-7-11(10-20-16(12)15)8-13-5-6-14(18)9-17-13/h2-6,9,11,18H,7-8,10H2,1H3. The number of hydrogen-bond acceptors (Lipinski definition) is 4. The van der Waals surface area contributed by atoms with E-state index >= 15 is 0 Å². The minimum Gasteiger partial charge on any atom is -0.506 e. The molecular formula is C16H17NO3. The van der Waals surface area contributed by atoms with Gasteiger partial charge in [0.15, 0.2) is 11.5 Å². The molecule has 1 aromatic carbocycles. The summed E-state index contributed by atoms with van der Waals surface area (Å²) in [6.07, 6.45) is 3.28. The topological polar surface area (TPSA) is 51.6 Å². The third-order valence-corrected chi connectivity index (χ3v) is 3.56. The fourth-order valence-corrected chi connectivity index (χ4v) is 2.58. The summed E-state index contributed by atoms with van der Waals surface area (Å²) in [7, 11) is 1.66. The number of rotatable bonds is 3. The van der Waals surface area contributed by atoms with Gasteiger partial charge >= 0.3 is 0 Å². The summed E-state index contributed by atoms with van der Waals surface area (Å²) < 4.78 is 11.2. The number of pyridine rings is 1. The molecule has 0 saturated heterocycles. The Morgan fingerprint density at radius 2 is 2.25 bits per heavy atom. The predicted octanol–water partition coefficient (Wildman–Crippen LogP) is 2.59. The molecule has 1 aliphatic rings. The van der Waals surface area contributed by atoms with Gasteiger partial charge in [-0.05, 0) is 36.6 Å². The molecule has 1 aliphatic heterocycles. The first-order chi connectivity index (χ1) is 9.76. The van der Waals surface area contributed by atoms with Crippen LogP contribution in [0.2, 0.25) is 0 Å². The number of para-hydroxylation sites is 1. The second kappa shape index (κ2) is 5.41. The van der Waals surface area contributed by atoms with Crippen molar-refractivity contribution in [1.29, 1.82) is 0 Å². The van der Waals surface area contributed by atoms with Crippen LogP contribution in [0, 0.1) is 5.92 Å².